The van der Waals surface area contributed by atoms with E-state index < -0.39 is 11.5 Å². The molecule has 12 heteroatoms. The Morgan fingerprint density at radius 3 is 2.74 bits per heavy atom. The molecular formula is C15H10Cl2N6O3S. The zero-order valence-electron chi connectivity index (χ0n) is 13.6. The van der Waals surface area contributed by atoms with Crippen molar-refractivity contribution in [3.63, 3.8) is 0 Å². The second-order valence-corrected chi connectivity index (χ2v) is 7.73. The van der Waals surface area contributed by atoms with Crippen LogP contribution in [0.15, 0.2) is 29.5 Å². The molecule has 0 saturated carbocycles. The van der Waals surface area contributed by atoms with Crippen molar-refractivity contribution in [2.45, 2.75) is 13.0 Å². The summed E-state index contributed by atoms with van der Waals surface area (Å²) in [5.41, 5.74) is 0.174. The van der Waals surface area contributed by atoms with Crippen LogP contribution in [0.3, 0.4) is 0 Å². The number of carboxylic acids is 1. The number of aromatic carboxylic acids is 1. The van der Waals surface area contributed by atoms with Gasteiger partial charge in [-0.3, -0.25) is 9.78 Å². The number of carboxylic acid groups (broad SMARTS) is 1. The minimum atomic E-state index is -1.13. The molecule has 0 aliphatic rings. The number of thiophene rings is 1. The van der Waals surface area contributed by atoms with Gasteiger partial charge in [-0.15, -0.1) is 11.3 Å². The maximum atomic E-state index is 12.6. The van der Waals surface area contributed by atoms with Gasteiger partial charge < -0.3 is 5.11 Å². The Labute approximate surface area is 164 Å². The predicted molar refractivity (Wildman–Crippen MR) is 100 cm³/mol. The molecule has 4 aromatic rings. The van der Waals surface area contributed by atoms with Gasteiger partial charge >= 0.3 is 5.97 Å². The van der Waals surface area contributed by atoms with E-state index in [1.807, 2.05) is 6.92 Å². The smallest absolute Gasteiger partial charge is 0.338 e. The highest BCUT2D eigenvalue weighted by molar-refractivity contribution is 7.17. The van der Waals surface area contributed by atoms with Crippen molar-refractivity contribution < 1.29 is 9.90 Å². The summed E-state index contributed by atoms with van der Waals surface area (Å²) in [4.78, 5) is 31.4. The molecule has 0 radical (unpaired) electrons. The molecule has 9 nitrogen and oxygen atoms in total. The van der Waals surface area contributed by atoms with Gasteiger partial charge in [-0.05, 0) is 13.0 Å². The fraction of sp³-hybridized carbons (Fsp3) is 0.133. The van der Waals surface area contributed by atoms with Gasteiger partial charge in [-0.2, -0.15) is 10.2 Å². The number of nitrogens with one attached hydrogen (secondary N) is 1. The predicted octanol–water partition coefficient (Wildman–Crippen LogP) is 2.98. The van der Waals surface area contributed by atoms with E-state index >= 15 is 0 Å². The van der Waals surface area contributed by atoms with Gasteiger partial charge in [-0.1, -0.05) is 23.2 Å². The summed E-state index contributed by atoms with van der Waals surface area (Å²) < 4.78 is 3.19. The van der Waals surface area contributed by atoms with E-state index in [0.29, 0.717) is 14.9 Å². The van der Waals surface area contributed by atoms with E-state index in [-0.39, 0.29) is 23.1 Å². The van der Waals surface area contributed by atoms with Gasteiger partial charge in [0.15, 0.2) is 5.52 Å². The van der Waals surface area contributed by atoms with Crippen molar-refractivity contribution >= 4 is 51.5 Å². The van der Waals surface area contributed by atoms with Crippen LogP contribution in [0, 0.1) is 0 Å². The van der Waals surface area contributed by atoms with Crippen molar-refractivity contribution in [3.05, 3.63) is 54.8 Å². The Kier molecular flexibility index (Phi) is 4.25. The van der Waals surface area contributed by atoms with Gasteiger partial charge in [0.2, 0.25) is 5.95 Å². The first kappa shape index (κ1) is 17.7. The molecule has 2 N–H and O–H groups in total. The molecule has 0 spiro atoms. The minimum absolute atomic E-state index is 0.0199. The number of aromatic nitrogens is 6. The Bertz CT molecular complexity index is 1220. The molecule has 4 rings (SSSR count). The van der Waals surface area contributed by atoms with E-state index in [1.54, 1.807) is 6.07 Å². The van der Waals surface area contributed by atoms with E-state index in [9.17, 15) is 9.59 Å². The standard InChI is InChI=1S/C15H10Cl2N6O3S/c1-6(10-2-8(16)12(17)27-10)23-11-9(4-19-23)20-15(21-13(11)24)22-5-7(3-18-22)14(25)26/h2-6H,1H3,(H,25,26)(H,20,21,24). The van der Waals surface area contributed by atoms with Crippen LogP contribution in [0.2, 0.25) is 9.36 Å². The number of fused-ring (bicyclic) bond motifs is 1. The highest BCUT2D eigenvalue weighted by Crippen LogP contribution is 2.36. The van der Waals surface area contributed by atoms with Crippen LogP contribution in [0.25, 0.3) is 17.0 Å². The van der Waals surface area contributed by atoms with Crippen molar-refractivity contribution in [3.8, 4) is 5.95 Å². The zero-order valence-corrected chi connectivity index (χ0v) is 15.9. The van der Waals surface area contributed by atoms with Gasteiger partial charge in [0.25, 0.3) is 5.56 Å². The maximum absolute atomic E-state index is 12.6. The van der Waals surface area contributed by atoms with Crippen LogP contribution >= 0.6 is 34.5 Å². The number of rotatable bonds is 4. The number of nitrogens with zero attached hydrogens (tertiary/aromatic N) is 5. The lowest BCUT2D eigenvalue weighted by Crippen LogP contribution is -2.18. The first-order chi connectivity index (χ1) is 12.8. The monoisotopic (exact) mass is 424 g/mol. The molecule has 0 amide bonds. The van der Waals surface area contributed by atoms with Gasteiger partial charge in [0.1, 0.15) is 9.85 Å². The van der Waals surface area contributed by atoms with Gasteiger partial charge in [0.05, 0.1) is 29.0 Å². The van der Waals surface area contributed by atoms with E-state index in [4.69, 9.17) is 28.3 Å². The van der Waals surface area contributed by atoms with Crippen LogP contribution < -0.4 is 5.56 Å². The molecule has 0 fully saturated rings. The number of aromatic amines is 1. The molecule has 4 aromatic heterocycles. The van der Waals surface area contributed by atoms with Crippen LogP contribution in [0.1, 0.15) is 28.2 Å². The van der Waals surface area contributed by atoms with E-state index in [2.05, 4.69) is 20.2 Å². The first-order valence-electron chi connectivity index (χ1n) is 7.55. The first-order valence-corrected chi connectivity index (χ1v) is 9.13. The molecular weight excluding hydrogens is 415 g/mol. The summed E-state index contributed by atoms with van der Waals surface area (Å²) >= 11 is 13.3. The number of hydrogen-bond acceptors (Lipinski definition) is 6. The molecule has 1 atom stereocenters. The lowest BCUT2D eigenvalue weighted by atomic mass is 10.3. The van der Waals surface area contributed by atoms with Gasteiger partial charge in [-0.25, -0.2) is 19.1 Å². The van der Waals surface area contributed by atoms with Crippen LogP contribution in [-0.4, -0.2) is 40.6 Å². The third kappa shape index (κ3) is 3.01. The second kappa shape index (κ2) is 6.48. The summed E-state index contributed by atoms with van der Waals surface area (Å²) in [6.07, 6.45) is 3.89. The maximum Gasteiger partial charge on any atom is 0.338 e. The Balaban J connectivity index is 1.79. The quantitative estimate of drug-likeness (QED) is 0.519. The number of H-pyrrole nitrogens is 1. The highest BCUT2D eigenvalue weighted by Gasteiger charge is 2.20. The third-order valence-corrected chi connectivity index (χ3v) is 5.97. The average molecular weight is 425 g/mol. The summed E-state index contributed by atoms with van der Waals surface area (Å²) in [5.74, 6) is -1.03. The minimum Gasteiger partial charge on any atom is -0.478 e. The number of carbonyl (C=O) groups is 1. The lowest BCUT2D eigenvalue weighted by molar-refractivity contribution is 0.0697. The molecule has 0 aliphatic carbocycles. The lowest BCUT2D eigenvalue weighted by Gasteiger charge is -2.11. The summed E-state index contributed by atoms with van der Waals surface area (Å²) in [6, 6.07) is 1.45. The topological polar surface area (TPSA) is 119 Å². The molecule has 138 valence electrons. The molecule has 0 aromatic carbocycles. The third-order valence-electron chi connectivity index (χ3n) is 3.93. The van der Waals surface area contributed by atoms with E-state index in [0.717, 1.165) is 4.88 Å². The summed E-state index contributed by atoms with van der Waals surface area (Å²) in [5, 5.41) is 17.6. The van der Waals surface area contributed by atoms with E-state index in [1.165, 1.54) is 39.3 Å². The zero-order chi connectivity index (χ0) is 19.3. The van der Waals surface area contributed by atoms with Crippen LogP contribution in [-0.2, 0) is 0 Å². The Morgan fingerprint density at radius 2 is 2.11 bits per heavy atom. The Morgan fingerprint density at radius 1 is 1.33 bits per heavy atom. The number of hydrogen-bond donors (Lipinski definition) is 2. The molecule has 4 heterocycles. The average Bonchev–Trinajstić information content (AvgIpc) is 3.33. The Hall–Kier alpha value is -2.69. The highest BCUT2D eigenvalue weighted by atomic mass is 35.5. The fourth-order valence-corrected chi connectivity index (χ4v) is 4.03. The van der Waals surface area contributed by atoms with Gasteiger partial charge in [0, 0.05) is 11.1 Å². The number of halogens is 2. The molecule has 27 heavy (non-hydrogen) atoms. The van der Waals surface area contributed by atoms with Crippen molar-refractivity contribution in [2.75, 3.05) is 0 Å². The largest absolute Gasteiger partial charge is 0.478 e. The molecule has 0 saturated heterocycles. The second-order valence-electron chi connectivity index (χ2n) is 5.64. The normalized spacial score (nSPS) is 12.6. The van der Waals surface area contributed by atoms with Crippen LogP contribution in [0.5, 0.6) is 0 Å². The SMILES string of the molecule is CC(c1cc(Cl)c(Cl)s1)n1ncc2nc(-n3cc(C(=O)O)cn3)[nH]c(=O)c21. The van der Waals surface area contributed by atoms with Crippen molar-refractivity contribution in [2.24, 2.45) is 0 Å². The fourth-order valence-electron chi connectivity index (χ4n) is 2.60. The van der Waals surface area contributed by atoms with Crippen molar-refractivity contribution in [1.82, 2.24) is 29.5 Å². The summed E-state index contributed by atoms with van der Waals surface area (Å²) in [6.45, 7) is 1.87. The molecule has 1 unspecified atom stereocenters. The van der Waals surface area contributed by atoms with Crippen molar-refractivity contribution in [1.29, 1.82) is 0 Å². The molecule has 0 aliphatic heterocycles. The molecule has 0 bridgehead atoms. The van der Waals surface area contributed by atoms with Crippen LogP contribution in [0.4, 0.5) is 0 Å². The summed E-state index contributed by atoms with van der Waals surface area (Å²) in [7, 11) is 0.